The molecule has 0 aromatic heterocycles. The molecule has 1 saturated carbocycles. The van der Waals surface area contributed by atoms with Crippen molar-refractivity contribution in [1.82, 2.24) is 0 Å². The number of aromatic carboxylic acids is 1. The minimum Gasteiger partial charge on any atom is -0.491 e. The molecule has 0 amide bonds. The van der Waals surface area contributed by atoms with Crippen LogP contribution in [-0.2, 0) is 4.74 Å². The van der Waals surface area contributed by atoms with E-state index in [0.29, 0.717) is 24.8 Å². The molecule has 0 atom stereocenters. The van der Waals surface area contributed by atoms with Gasteiger partial charge in [-0.1, -0.05) is 12.1 Å². The quantitative estimate of drug-likeness (QED) is 0.575. The van der Waals surface area contributed by atoms with Gasteiger partial charge >= 0.3 is 5.97 Å². The fourth-order valence-electron chi connectivity index (χ4n) is 4.41. The van der Waals surface area contributed by atoms with Gasteiger partial charge in [-0.05, 0) is 80.5 Å². The van der Waals surface area contributed by atoms with E-state index in [4.69, 9.17) is 15.2 Å². The Hall–Kier alpha value is -2.57. The van der Waals surface area contributed by atoms with Gasteiger partial charge in [0.25, 0.3) is 0 Å². The Morgan fingerprint density at radius 1 is 1.10 bits per heavy atom. The van der Waals surface area contributed by atoms with Crippen molar-refractivity contribution in [2.24, 2.45) is 5.73 Å². The fraction of sp³-hybridized carbons (Fsp3) is 0.480. The highest BCUT2D eigenvalue weighted by Gasteiger charge is 2.26. The standard InChI is InChI=1S/C25H34N2O4/c1-4-27(21-9-7-20(26)8-10-21)24-16-19(15-23(17(24)2)25(28)29)18-5-11-22(12-6-18)31-14-13-30-3/h5-6,11-12,15-16,20-21H,4,7-10,13-14,26H2,1-3H3,(H,28,29)/t20-,21-. The summed E-state index contributed by atoms with van der Waals surface area (Å²) in [7, 11) is 1.64. The zero-order valence-electron chi connectivity index (χ0n) is 18.8. The second kappa shape index (κ2) is 10.6. The Labute approximate surface area is 185 Å². The van der Waals surface area contributed by atoms with Gasteiger partial charge < -0.3 is 25.2 Å². The largest absolute Gasteiger partial charge is 0.491 e. The van der Waals surface area contributed by atoms with E-state index in [9.17, 15) is 9.90 Å². The molecule has 168 valence electrons. The lowest BCUT2D eigenvalue weighted by Crippen LogP contribution is -2.41. The first kappa shape index (κ1) is 23.1. The van der Waals surface area contributed by atoms with Crippen LogP contribution in [0.25, 0.3) is 11.1 Å². The van der Waals surface area contributed by atoms with E-state index < -0.39 is 5.97 Å². The number of carboxylic acid groups (broad SMARTS) is 1. The molecule has 0 unspecified atom stereocenters. The zero-order chi connectivity index (χ0) is 22.4. The number of ether oxygens (including phenoxy) is 2. The van der Waals surface area contributed by atoms with Gasteiger partial charge in [0.2, 0.25) is 0 Å². The monoisotopic (exact) mass is 426 g/mol. The van der Waals surface area contributed by atoms with Gasteiger partial charge in [-0.15, -0.1) is 0 Å². The first-order chi connectivity index (χ1) is 14.9. The summed E-state index contributed by atoms with van der Waals surface area (Å²) >= 11 is 0. The molecule has 3 rings (SSSR count). The van der Waals surface area contributed by atoms with E-state index in [1.807, 2.05) is 31.2 Å². The Morgan fingerprint density at radius 3 is 2.35 bits per heavy atom. The summed E-state index contributed by atoms with van der Waals surface area (Å²) in [6.45, 7) is 5.89. The number of benzene rings is 2. The van der Waals surface area contributed by atoms with Crippen LogP contribution in [0.3, 0.4) is 0 Å². The molecule has 6 heteroatoms. The van der Waals surface area contributed by atoms with Crippen molar-refractivity contribution in [1.29, 1.82) is 0 Å². The molecule has 1 aliphatic carbocycles. The Bertz CT molecular complexity index is 874. The summed E-state index contributed by atoms with van der Waals surface area (Å²) in [6.07, 6.45) is 4.09. The third-order valence-electron chi connectivity index (χ3n) is 6.19. The zero-order valence-corrected chi connectivity index (χ0v) is 18.8. The van der Waals surface area contributed by atoms with Crippen molar-refractivity contribution in [3.63, 3.8) is 0 Å². The van der Waals surface area contributed by atoms with Crippen molar-refractivity contribution < 1.29 is 19.4 Å². The Balaban J connectivity index is 1.94. The Morgan fingerprint density at radius 2 is 1.77 bits per heavy atom. The fourth-order valence-corrected chi connectivity index (χ4v) is 4.41. The van der Waals surface area contributed by atoms with Crippen LogP contribution < -0.4 is 15.4 Å². The third kappa shape index (κ3) is 5.57. The van der Waals surface area contributed by atoms with Crippen LogP contribution >= 0.6 is 0 Å². The smallest absolute Gasteiger partial charge is 0.336 e. The molecule has 6 nitrogen and oxygen atoms in total. The average Bonchev–Trinajstić information content (AvgIpc) is 2.77. The van der Waals surface area contributed by atoms with Crippen molar-refractivity contribution in [3.8, 4) is 16.9 Å². The number of nitrogens with zero attached hydrogens (tertiary/aromatic N) is 1. The van der Waals surface area contributed by atoms with E-state index in [1.165, 1.54) is 0 Å². The molecule has 0 heterocycles. The van der Waals surface area contributed by atoms with Gasteiger partial charge in [0.05, 0.1) is 12.2 Å². The number of hydrogen-bond acceptors (Lipinski definition) is 5. The summed E-state index contributed by atoms with van der Waals surface area (Å²) in [4.78, 5) is 14.4. The summed E-state index contributed by atoms with van der Waals surface area (Å²) < 4.78 is 10.7. The molecule has 0 saturated heterocycles. The molecule has 0 bridgehead atoms. The van der Waals surface area contributed by atoms with Gasteiger partial charge in [0.1, 0.15) is 12.4 Å². The minimum absolute atomic E-state index is 0.279. The highest BCUT2D eigenvalue weighted by Crippen LogP contribution is 2.35. The van der Waals surface area contributed by atoms with Crippen LogP contribution in [0, 0.1) is 6.92 Å². The topological polar surface area (TPSA) is 85.0 Å². The van der Waals surface area contributed by atoms with Crippen molar-refractivity contribution in [2.75, 3.05) is 31.8 Å². The van der Waals surface area contributed by atoms with E-state index in [-0.39, 0.29) is 6.04 Å². The van der Waals surface area contributed by atoms with Gasteiger partial charge in [-0.25, -0.2) is 4.79 Å². The predicted molar refractivity (Wildman–Crippen MR) is 124 cm³/mol. The van der Waals surface area contributed by atoms with Crippen LogP contribution in [0.1, 0.15) is 48.5 Å². The maximum absolute atomic E-state index is 12.0. The van der Waals surface area contributed by atoms with Gasteiger partial charge in [-0.3, -0.25) is 0 Å². The minimum atomic E-state index is -0.901. The second-order valence-corrected chi connectivity index (χ2v) is 8.19. The van der Waals surface area contributed by atoms with E-state index in [0.717, 1.165) is 60.4 Å². The maximum atomic E-state index is 12.0. The molecule has 0 aliphatic heterocycles. The van der Waals surface area contributed by atoms with Gasteiger partial charge in [-0.2, -0.15) is 0 Å². The molecule has 1 fully saturated rings. The average molecular weight is 427 g/mol. The normalized spacial score (nSPS) is 18.6. The molecular weight excluding hydrogens is 392 g/mol. The van der Waals surface area contributed by atoms with Crippen LogP contribution in [0.15, 0.2) is 36.4 Å². The molecule has 31 heavy (non-hydrogen) atoms. The highest BCUT2D eigenvalue weighted by atomic mass is 16.5. The van der Waals surface area contributed by atoms with Crippen LogP contribution in [-0.4, -0.2) is 50.0 Å². The lowest BCUT2D eigenvalue weighted by Gasteiger charge is -2.38. The van der Waals surface area contributed by atoms with Crippen molar-refractivity contribution in [2.45, 2.75) is 51.6 Å². The second-order valence-electron chi connectivity index (χ2n) is 8.19. The number of carbonyl (C=O) groups is 1. The SMILES string of the molecule is CCN(c1cc(-c2ccc(OCCOC)cc2)cc(C(=O)O)c1C)[C@H]1CC[C@H](N)CC1. The number of nitrogens with two attached hydrogens (primary N) is 1. The number of rotatable bonds is 9. The number of anilines is 1. The van der Waals surface area contributed by atoms with Crippen molar-refractivity contribution in [3.05, 3.63) is 47.5 Å². The lowest BCUT2D eigenvalue weighted by atomic mass is 9.89. The maximum Gasteiger partial charge on any atom is 0.336 e. The van der Waals surface area contributed by atoms with E-state index >= 15 is 0 Å². The van der Waals surface area contributed by atoms with E-state index in [1.54, 1.807) is 13.2 Å². The van der Waals surface area contributed by atoms with Gasteiger partial charge in [0, 0.05) is 31.4 Å². The Kier molecular flexibility index (Phi) is 7.93. The molecular formula is C25H34N2O4. The number of hydrogen-bond donors (Lipinski definition) is 2. The third-order valence-corrected chi connectivity index (χ3v) is 6.19. The first-order valence-corrected chi connectivity index (χ1v) is 11.1. The summed E-state index contributed by atoms with van der Waals surface area (Å²) in [5.41, 5.74) is 10.1. The van der Waals surface area contributed by atoms with Crippen LogP contribution in [0.4, 0.5) is 5.69 Å². The van der Waals surface area contributed by atoms with Crippen LogP contribution in [0.2, 0.25) is 0 Å². The molecule has 0 spiro atoms. The molecule has 1 aliphatic rings. The highest BCUT2D eigenvalue weighted by molar-refractivity contribution is 5.94. The van der Waals surface area contributed by atoms with Crippen LogP contribution in [0.5, 0.6) is 5.75 Å². The lowest BCUT2D eigenvalue weighted by molar-refractivity contribution is 0.0696. The number of carboxylic acids is 1. The van der Waals surface area contributed by atoms with Crippen molar-refractivity contribution >= 4 is 11.7 Å². The van der Waals surface area contributed by atoms with Gasteiger partial charge in [0.15, 0.2) is 0 Å². The molecule has 3 N–H and O–H groups in total. The summed E-state index contributed by atoms with van der Waals surface area (Å²) in [5, 5.41) is 9.86. The first-order valence-electron chi connectivity index (χ1n) is 11.1. The summed E-state index contributed by atoms with van der Waals surface area (Å²) in [5.74, 6) is -0.137. The molecule has 0 radical (unpaired) electrons. The molecule has 2 aromatic rings. The predicted octanol–water partition coefficient (Wildman–Crippen LogP) is 4.48. The number of methoxy groups -OCH3 is 1. The molecule has 2 aromatic carbocycles. The summed E-state index contributed by atoms with van der Waals surface area (Å²) in [6, 6.07) is 12.3. The van der Waals surface area contributed by atoms with E-state index in [2.05, 4.69) is 17.9 Å².